The van der Waals surface area contributed by atoms with E-state index in [4.69, 9.17) is 52.6 Å². The Kier molecular flexibility index (Phi) is 12.5. The third-order valence-electron chi connectivity index (χ3n) is 10.7. The zero-order valence-corrected chi connectivity index (χ0v) is 33.6. The van der Waals surface area contributed by atoms with Crippen molar-refractivity contribution in [2.75, 3.05) is 38.9 Å². The van der Waals surface area contributed by atoms with E-state index in [1.54, 1.807) is 45.2 Å². The van der Waals surface area contributed by atoms with Gasteiger partial charge < -0.3 is 44.3 Å². The maximum Gasteiger partial charge on any atom is 0.409 e. The number of anilines is 2. The zero-order valence-electron chi connectivity index (χ0n) is 32.1. The number of epoxide rings is 1. The van der Waals surface area contributed by atoms with Crippen LogP contribution in [0.5, 0.6) is 5.75 Å². The van der Waals surface area contributed by atoms with Gasteiger partial charge in [0.2, 0.25) is 5.91 Å². The summed E-state index contributed by atoms with van der Waals surface area (Å²) in [7, 11) is 5.90. The summed E-state index contributed by atoms with van der Waals surface area (Å²) >= 11 is 12.9. The maximum absolute atomic E-state index is 14.2. The zero-order chi connectivity index (χ0) is 40.6. The molecule has 4 bridgehead atoms. The summed E-state index contributed by atoms with van der Waals surface area (Å²) < 4.78 is 29.2. The standard InChI is InChI=1S/C39H48Cl2N4O10/c1-20-10-9-11-30(52-8)39(50)19-29(53-37(49)43-39)21(2)34-38(4,55-34)31(18-32(46)45(6)27-15-23(14-20)16-28(51-7)33(27)41)54-36(48)22(3)44(5)35(47)24-12-13-26(42)25(40)17-24/h9-13,15-17,21-22,29-31,34,50H,14,18-19,42H2,1-8H3,(H,43,49)/b11-9+,20-10+/t21-,22+,29+,30-,31+,34+,38+,39+/m1/s1. The van der Waals surface area contributed by atoms with Crippen molar-refractivity contribution in [2.45, 2.75) is 88.7 Å². The van der Waals surface area contributed by atoms with Crippen LogP contribution < -0.4 is 20.7 Å². The van der Waals surface area contributed by atoms with E-state index in [2.05, 4.69) is 5.32 Å². The van der Waals surface area contributed by atoms with Crippen LogP contribution in [0, 0.1) is 5.92 Å². The van der Waals surface area contributed by atoms with Crippen LogP contribution in [0.2, 0.25) is 10.0 Å². The van der Waals surface area contributed by atoms with Gasteiger partial charge in [0, 0.05) is 39.1 Å². The molecule has 55 heavy (non-hydrogen) atoms. The number of nitrogens with one attached hydrogen (secondary N) is 1. The number of nitrogens with zero attached hydrogens (tertiary/aromatic N) is 2. The smallest absolute Gasteiger partial charge is 0.409 e. The van der Waals surface area contributed by atoms with Gasteiger partial charge in [0.15, 0.2) is 5.72 Å². The number of alkyl carbamates (subject to hydrolysis) is 1. The van der Waals surface area contributed by atoms with E-state index >= 15 is 0 Å². The molecule has 16 heteroatoms. The maximum atomic E-state index is 14.2. The number of esters is 1. The molecule has 2 aromatic carbocycles. The minimum absolute atomic E-state index is 0.0727. The first-order valence-electron chi connectivity index (χ1n) is 17.7. The molecule has 0 radical (unpaired) electrons. The average molecular weight is 804 g/mol. The highest BCUT2D eigenvalue weighted by Crippen LogP contribution is 2.49. The number of fused-ring (bicyclic) bond motifs is 5. The van der Waals surface area contributed by atoms with Gasteiger partial charge in [0.25, 0.3) is 5.91 Å². The van der Waals surface area contributed by atoms with E-state index in [1.165, 1.54) is 56.2 Å². The lowest BCUT2D eigenvalue weighted by molar-refractivity contribution is -0.158. The average Bonchev–Trinajstić information content (AvgIpc) is 3.84. The Morgan fingerprint density at radius 2 is 1.89 bits per heavy atom. The number of carbonyl (C=O) groups excluding carboxylic acids is 4. The molecule has 4 N–H and O–H groups in total. The van der Waals surface area contributed by atoms with E-state index in [0.717, 1.165) is 11.1 Å². The van der Waals surface area contributed by atoms with Crippen LogP contribution in [0.25, 0.3) is 0 Å². The molecule has 8 atom stereocenters. The quantitative estimate of drug-likeness (QED) is 0.202. The molecule has 3 aliphatic heterocycles. The monoisotopic (exact) mass is 802 g/mol. The Morgan fingerprint density at radius 3 is 2.55 bits per heavy atom. The van der Waals surface area contributed by atoms with Crippen molar-refractivity contribution in [3.05, 3.63) is 75.3 Å². The number of hydrogen-bond donors (Lipinski definition) is 3. The molecule has 0 aromatic heterocycles. The van der Waals surface area contributed by atoms with E-state index in [1.807, 2.05) is 13.0 Å². The molecule has 5 rings (SSSR count). The summed E-state index contributed by atoms with van der Waals surface area (Å²) in [5, 5.41) is 14.6. The molecule has 3 aliphatic rings. The largest absolute Gasteiger partial charge is 0.495 e. The number of aliphatic hydroxyl groups is 1. The Labute approximate surface area is 330 Å². The summed E-state index contributed by atoms with van der Waals surface area (Å²) in [6.45, 7) is 6.88. The number of carbonyl (C=O) groups is 4. The van der Waals surface area contributed by atoms with Crippen LogP contribution >= 0.6 is 23.2 Å². The van der Waals surface area contributed by atoms with Crippen molar-refractivity contribution in [3.63, 3.8) is 0 Å². The van der Waals surface area contributed by atoms with Gasteiger partial charge in [-0.25, -0.2) is 9.59 Å². The molecule has 0 spiro atoms. The topological polar surface area (TPSA) is 182 Å². The highest BCUT2D eigenvalue weighted by molar-refractivity contribution is 6.35. The number of rotatable bonds is 6. The van der Waals surface area contributed by atoms with Crippen molar-refractivity contribution >= 4 is 58.5 Å². The first-order valence-corrected chi connectivity index (χ1v) is 18.5. The Balaban J connectivity index is 1.52. The van der Waals surface area contributed by atoms with Gasteiger partial charge in [-0.2, -0.15) is 0 Å². The fourth-order valence-electron chi connectivity index (χ4n) is 7.04. The Morgan fingerprint density at radius 1 is 1.18 bits per heavy atom. The number of benzene rings is 2. The second-order valence-electron chi connectivity index (χ2n) is 14.6. The second kappa shape index (κ2) is 16.4. The van der Waals surface area contributed by atoms with E-state index in [-0.39, 0.29) is 28.5 Å². The third-order valence-corrected chi connectivity index (χ3v) is 11.4. The van der Waals surface area contributed by atoms with Gasteiger partial charge >= 0.3 is 12.1 Å². The molecule has 2 fully saturated rings. The lowest BCUT2D eigenvalue weighted by Crippen LogP contribution is -2.63. The number of halogens is 2. The summed E-state index contributed by atoms with van der Waals surface area (Å²) in [4.78, 5) is 56.9. The number of nitrogens with two attached hydrogens (primary N) is 1. The second-order valence-corrected chi connectivity index (χ2v) is 15.3. The van der Waals surface area contributed by atoms with Crippen molar-refractivity contribution in [1.82, 2.24) is 10.2 Å². The number of methoxy groups -OCH3 is 2. The first kappa shape index (κ1) is 41.8. The van der Waals surface area contributed by atoms with Gasteiger partial charge in [-0.1, -0.05) is 53.9 Å². The highest BCUT2D eigenvalue weighted by atomic mass is 35.5. The summed E-state index contributed by atoms with van der Waals surface area (Å²) in [6, 6.07) is 6.84. The van der Waals surface area contributed by atoms with Crippen LogP contribution in [0.1, 0.15) is 56.5 Å². The number of likely N-dealkylation sites (N-methyl/N-ethyl adjacent to an activating group) is 1. The number of allylic oxidation sites excluding steroid dienone is 3. The molecule has 298 valence electrons. The molecule has 0 saturated carbocycles. The summed E-state index contributed by atoms with van der Waals surface area (Å²) in [5.74, 6) is -1.99. The first-order chi connectivity index (χ1) is 25.8. The van der Waals surface area contributed by atoms with Crippen molar-refractivity contribution < 1.29 is 48.0 Å². The lowest BCUT2D eigenvalue weighted by Gasteiger charge is -2.42. The third kappa shape index (κ3) is 8.73. The van der Waals surface area contributed by atoms with Gasteiger partial charge in [-0.3, -0.25) is 14.9 Å². The normalized spacial score (nSPS) is 30.4. The van der Waals surface area contributed by atoms with Crippen LogP contribution in [0.4, 0.5) is 16.2 Å². The Hall–Kier alpha value is -4.34. The highest BCUT2D eigenvalue weighted by Gasteiger charge is 2.64. The van der Waals surface area contributed by atoms with Crippen molar-refractivity contribution in [2.24, 2.45) is 5.92 Å². The number of hydrogen-bond acceptors (Lipinski definition) is 11. The minimum atomic E-state index is -1.85. The van der Waals surface area contributed by atoms with Crippen LogP contribution in [0.3, 0.4) is 0 Å². The van der Waals surface area contributed by atoms with Gasteiger partial charge in [-0.15, -0.1) is 0 Å². The van der Waals surface area contributed by atoms with Gasteiger partial charge in [0.05, 0.1) is 36.0 Å². The summed E-state index contributed by atoms with van der Waals surface area (Å²) in [5.41, 5.74) is 5.28. The lowest BCUT2D eigenvalue weighted by atomic mass is 9.83. The van der Waals surface area contributed by atoms with Crippen LogP contribution in [0.15, 0.2) is 54.1 Å². The molecular weight excluding hydrogens is 755 g/mol. The van der Waals surface area contributed by atoms with Crippen molar-refractivity contribution in [1.29, 1.82) is 0 Å². The molecule has 2 saturated heterocycles. The van der Waals surface area contributed by atoms with Crippen molar-refractivity contribution in [3.8, 4) is 5.75 Å². The Bertz CT molecular complexity index is 1910. The molecule has 2 aromatic rings. The van der Waals surface area contributed by atoms with E-state index in [0.29, 0.717) is 23.5 Å². The van der Waals surface area contributed by atoms with Gasteiger partial charge in [0.1, 0.15) is 40.7 Å². The predicted octanol–water partition coefficient (Wildman–Crippen LogP) is 5.06. The fraction of sp³-hybridized carbons (Fsp3) is 0.487. The van der Waals surface area contributed by atoms with E-state index < -0.39 is 71.6 Å². The van der Waals surface area contributed by atoms with Crippen LogP contribution in [-0.4, -0.2) is 104 Å². The predicted molar refractivity (Wildman–Crippen MR) is 206 cm³/mol. The molecular formula is C39H48Cl2N4O10. The minimum Gasteiger partial charge on any atom is -0.495 e. The molecule has 3 amide bonds. The summed E-state index contributed by atoms with van der Waals surface area (Å²) in [6.07, 6.45) is 0.666. The van der Waals surface area contributed by atoms with E-state index in [9.17, 15) is 24.3 Å². The molecule has 0 aliphatic carbocycles. The molecule has 3 heterocycles. The SMILES string of the molecule is COc1cc2cc(c1Cl)N(C)C(=O)C[C@H](OC(=O)[C@H](C)N(C)C(=O)c1ccc(N)c(Cl)c1)[C@]1(C)O[C@H]1[C@H](C)[C@@H]1C[C@@](O)(NC(=O)O1)[C@H](OC)/C=C/C=C(\C)C2. The molecule has 14 nitrogen and oxygen atoms in total. The van der Waals surface area contributed by atoms with Crippen LogP contribution in [-0.2, 0) is 35.0 Å². The number of ether oxygens (including phenoxy) is 5. The molecule has 0 unspecified atom stereocenters. The fourth-order valence-corrected chi connectivity index (χ4v) is 7.54. The van der Waals surface area contributed by atoms with Gasteiger partial charge in [-0.05, 0) is 63.1 Å². The number of amides is 3. The number of nitrogen functional groups attached to an aromatic ring is 1.